The van der Waals surface area contributed by atoms with E-state index in [1.54, 1.807) is 5.56 Å². The third-order valence-electron chi connectivity index (χ3n) is 13.7. The minimum absolute atomic E-state index is 0.395. The van der Waals surface area contributed by atoms with Gasteiger partial charge in [-0.1, -0.05) is 147 Å². The summed E-state index contributed by atoms with van der Waals surface area (Å²) < 4.78 is 0. The molecule has 10 atom stereocenters. The van der Waals surface area contributed by atoms with Gasteiger partial charge < -0.3 is 9.80 Å². The summed E-state index contributed by atoms with van der Waals surface area (Å²) in [5, 5.41) is 0. The van der Waals surface area contributed by atoms with Gasteiger partial charge in [-0.2, -0.15) is 0 Å². The molecule has 260 valence electrons. The van der Waals surface area contributed by atoms with E-state index in [0.717, 1.165) is 19.3 Å². The maximum absolute atomic E-state index is 2.85. The zero-order valence-corrected chi connectivity index (χ0v) is 30.5. The lowest BCUT2D eigenvalue weighted by Crippen LogP contribution is -2.49. The molecular weight excluding hydrogens is 629 g/mol. The summed E-state index contributed by atoms with van der Waals surface area (Å²) >= 11 is 0. The first-order chi connectivity index (χ1) is 25.6. The SMILES string of the molecule is CC1C=CC=CC1C1C=CCC(N2c3ccccc3C3CC(c4ccc5c(c4)N(c4cccc(-c6ccccc6)c4)C4CCC=CC54)C=CC32)C1C. The predicted molar refractivity (Wildman–Crippen MR) is 218 cm³/mol. The molecule has 0 radical (unpaired) electrons. The number of hydrogen-bond donors (Lipinski definition) is 0. The molecule has 2 heteroatoms. The smallest absolute Gasteiger partial charge is 0.0546 e. The first kappa shape index (κ1) is 31.9. The highest BCUT2D eigenvalue weighted by Gasteiger charge is 2.46. The van der Waals surface area contributed by atoms with Crippen molar-refractivity contribution in [1.29, 1.82) is 0 Å². The van der Waals surface area contributed by atoms with Crippen LogP contribution in [0, 0.1) is 23.7 Å². The van der Waals surface area contributed by atoms with Gasteiger partial charge in [0.05, 0.1) is 6.04 Å². The fourth-order valence-electron chi connectivity index (χ4n) is 11.1. The Labute approximate surface area is 310 Å². The van der Waals surface area contributed by atoms with Crippen LogP contribution in [0.1, 0.15) is 74.0 Å². The molecule has 10 rings (SSSR count). The van der Waals surface area contributed by atoms with Crippen molar-refractivity contribution in [2.24, 2.45) is 23.7 Å². The Morgan fingerprint density at radius 1 is 0.615 bits per heavy atom. The summed E-state index contributed by atoms with van der Waals surface area (Å²) in [5.74, 6) is 3.61. The summed E-state index contributed by atoms with van der Waals surface area (Å²) in [6.07, 6.45) is 29.1. The van der Waals surface area contributed by atoms with E-state index in [0.29, 0.717) is 59.6 Å². The highest BCUT2D eigenvalue weighted by molar-refractivity contribution is 5.78. The van der Waals surface area contributed by atoms with E-state index in [9.17, 15) is 0 Å². The lowest BCUT2D eigenvalue weighted by molar-refractivity contribution is 0.237. The molecule has 0 amide bonds. The van der Waals surface area contributed by atoms with E-state index in [4.69, 9.17) is 0 Å². The number of para-hydroxylation sites is 1. The average Bonchev–Trinajstić information content (AvgIpc) is 3.71. The van der Waals surface area contributed by atoms with Crippen LogP contribution in [0.5, 0.6) is 0 Å². The van der Waals surface area contributed by atoms with Gasteiger partial charge in [0.15, 0.2) is 0 Å². The number of fused-ring (bicyclic) bond motifs is 6. The topological polar surface area (TPSA) is 6.48 Å². The van der Waals surface area contributed by atoms with E-state index in [-0.39, 0.29) is 0 Å². The lowest BCUT2D eigenvalue weighted by atomic mass is 9.69. The molecular formula is C50H50N2. The number of allylic oxidation sites excluding steroid dienone is 7. The molecule has 4 aromatic carbocycles. The molecule has 2 aliphatic heterocycles. The number of nitrogens with zero attached hydrogens (tertiary/aromatic N) is 2. The first-order valence-electron chi connectivity index (χ1n) is 20.0. The summed E-state index contributed by atoms with van der Waals surface area (Å²) in [5.41, 5.74) is 11.2. The van der Waals surface area contributed by atoms with Crippen LogP contribution in [-0.4, -0.2) is 18.1 Å². The maximum Gasteiger partial charge on any atom is 0.0546 e. The van der Waals surface area contributed by atoms with Crippen molar-refractivity contribution < 1.29 is 0 Å². The van der Waals surface area contributed by atoms with Gasteiger partial charge in [-0.05, 0) is 101 Å². The van der Waals surface area contributed by atoms with Gasteiger partial charge in [0.25, 0.3) is 0 Å². The molecule has 6 aliphatic rings. The van der Waals surface area contributed by atoms with E-state index in [1.807, 2.05) is 0 Å². The first-order valence-corrected chi connectivity index (χ1v) is 20.0. The molecule has 0 saturated carbocycles. The summed E-state index contributed by atoms with van der Waals surface area (Å²) in [7, 11) is 0. The number of hydrogen-bond acceptors (Lipinski definition) is 2. The summed E-state index contributed by atoms with van der Waals surface area (Å²) in [4.78, 5) is 5.54. The van der Waals surface area contributed by atoms with E-state index >= 15 is 0 Å². The van der Waals surface area contributed by atoms with Crippen molar-refractivity contribution in [3.63, 3.8) is 0 Å². The minimum atomic E-state index is 0.395. The van der Waals surface area contributed by atoms with Crippen LogP contribution >= 0.6 is 0 Å². The molecule has 52 heavy (non-hydrogen) atoms. The van der Waals surface area contributed by atoms with Gasteiger partial charge in [-0.3, -0.25) is 0 Å². The molecule has 4 aliphatic carbocycles. The Morgan fingerprint density at radius 3 is 2.37 bits per heavy atom. The van der Waals surface area contributed by atoms with Crippen LogP contribution in [-0.2, 0) is 0 Å². The molecule has 2 nitrogen and oxygen atoms in total. The fourth-order valence-corrected chi connectivity index (χ4v) is 11.1. The molecule has 0 N–H and O–H groups in total. The van der Waals surface area contributed by atoms with Gasteiger partial charge in [-0.25, -0.2) is 0 Å². The molecule has 0 fully saturated rings. The van der Waals surface area contributed by atoms with E-state index in [2.05, 4.69) is 181 Å². The van der Waals surface area contributed by atoms with Crippen LogP contribution in [0.3, 0.4) is 0 Å². The van der Waals surface area contributed by atoms with Gasteiger partial charge in [0.1, 0.15) is 0 Å². The standard InChI is InChI=1S/C50H50N2/c1-33-14-6-7-19-40(33)41-22-13-25-46(34(41)2)52-48-24-11-9-21-43(48)45-31-37(27-29-49(45)52)38-26-28-44-42-20-8-10-23-47(42)51(50(44)32-38)39-18-12-17-36(30-39)35-15-4-3-5-16-35/h3-9,11-22,24,26-30,32-34,37,40-42,45-47,49H,10,23,25,31H2,1-2H3. The van der Waals surface area contributed by atoms with E-state index in [1.165, 1.54) is 45.7 Å². The quantitative estimate of drug-likeness (QED) is 0.194. The van der Waals surface area contributed by atoms with Crippen LogP contribution in [0.2, 0.25) is 0 Å². The molecule has 4 aromatic rings. The zero-order valence-electron chi connectivity index (χ0n) is 30.5. The van der Waals surface area contributed by atoms with Crippen LogP contribution < -0.4 is 9.80 Å². The minimum Gasteiger partial charge on any atom is -0.361 e. The Kier molecular flexibility index (Phi) is 7.96. The third-order valence-corrected chi connectivity index (χ3v) is 13.7. The lowest BCUT2D eigenvalue weighted by Gasteiger charge is -2.46. The highest BCUT2D eigenvalue weighted by atomic mass is 15.2. The molecule has 0 saturated heterocycles. The second-order valence-corrected chi connectivity index (χ2v) is 16.4. The molecule has 2 heterocycles. The molecule has 0 bridgehead atoms. The summed E-state index contributed by atoms with van der Waals surface area (Å²) in [6, 6.07) is 38.3. The van der Waals surface area contributed by atoms with Crippen molar-refractivity contribution in [2.75, 3.05) is 9.80 Å². The zero-order chi connectivity index (χ0) is 34.8. The van der Waals surface area contributed by atoms with Gasteiger partial charge in [0.2, 0.25) is 0 Å². The second-order valence-electron chi connectivity index (χ2n) is 16.4. The maximum atomic E-state index is 2.85. The number of anilines is 3. The molecule has 10 unspecified atom stereocenters. The Balaban J connectivity index is 0.979. The normalized spacial score (nSPS) is 32.4. The van der Waals surface area contributed by atoms with Crippen molar-refractivity contribution in [2.45, 2.75) is 75.4 Å². The van der Waals surface area contributed by atoms with E-state index < -0.39 is 0 Å². The monoisotopic (exact) mass is 678 g/mol. The van der Waals surface area contributed by atoms with Crippen molar-refractivity contribution in [3.8, 4) is 11.1 Å². The number of rotatable bonds is 5. The Morgan fingerprint density at radius 2 is 1.46 bits per heavy atom. The van der Waals surface area contributed by atoms with Crippen molar-refractivity contribution in [1.82, 2.24) is 0 Å². The highest BCUT2D eigenvalue weighted by Crippen LogP contribution is 2.54. The third kappa shape index (κ3) is 5.20. The number of benzene rings is 4. The van der Waals surface area contributed by atoms with Crippen molar-refractivity contribution >= 4 is 17.1 Å². The van der Waals surface area contributed by atoms with Gasteiger partial charge >= 0.3 is 0 Å². The average molecular weight is 679 g/mol. The van der Waals surface area contributed by atoms with Gasteiger partial charge in [-0.15, -0.1) is 0 Å². The molecule has 0 aromatic heterocycles. The van der Waals surface area contributed by atoms with Crippen molar-refractivity contribution in [3.05, 3.63) is 175 Å². The van der Waals surface area contributed by atoms with Crippen LogP contribution in [0.4, 0.5) is 17.1 Å². The van der Waals surface area contributed by atoms with Crippen LogP contribution in [0.25, 0.3) is 11.1 Å². The second kappa shape index (κ2) is 13.0. The largest absolute Gasteiger partial charge is 0.361 e. The predicted octanol–water partition coefficient (Wildman–Crippen LogP) is 12.3. The Hall–Kier alpha value is -4.82. The summed E-state index contributed by atoms with van der Waals surface area (Å²) in [6.45, 7) is 4.92. The van der Waals surface area contributed by atoms with Gasteiger partial charge in [0, 0.05) is 46.9 Å². The Bertz CT molecular complexity index is 2120. The fraction of sp³-hybridized carbons (Fsp3) is 0.320. The molecule has 0 spiro atoms. The van der Waals surface area contributed by atoms with Crippen LogP contribution in [0.15, 0.2) is 158 Å².